The predicted molar refractivity (Wildman–Crippen MR) is 106 cm³/mol. The fourth-order valence-electron chi connectivity index (χ4n) is 2.80. The zero-order valence-corrected chi connectivity index (χ0v) is 15.4. The van der Waals surface area contributed by atoms with E-state index in [0.29, 0.717) is 12.2 Å². The van der Waals surface area contributed by atoms with Crippen LogP contribution in [0.4, 0.5) is 0 Å². The molecule has 0 fully saturated rings. The summed E-state index contributed by atoms with van der Waals surface area (Å²) >= 11 is 0. The van der Waals surface area contributed by atoms with Gasteiger partial charge in [-0.25, -0.2) is 4.98 Å². The van der Waals surface area contributed by atoms with Crippen molar-refractivity contribution in [2.75, 3.05) is 6.54 Å². The molecular formula is C22H23N3O2. The molecule has 5 heteroatoms. The first-order valence-corrected chi connectivity index (χ1v) is 9.06. The first kappa shape index (κ1) is 18.6. The van der Waals surface area contributed by atoms with E-state index in [0.717, 1.165) is 24.0 Å². The number of benzene rings is 2. The van der Waals surface area contributed by atoms with E-state index in [1.807, 2.05) is 49.4 Å². The van der Waals surface area contributed by atoms with E-state index in [9.17, 15) is 9.59 Å². The quantitative estimate of drug-likeness (QED) is 0.658. The van der Waals surface area contributed by atoms with Crippen molar-refractivity contribution >= 4 is 5.91 Å². The Balaban J connectivity index is 1.52. The van der Waals surface area contributed by atoms with Crippen molar-refractivity contribution in [1.82, 2.24) is 14.9 Å². The normalized spacial score (nSPS) is 10.6. The van der Waals surface area contributed by atoms with E-state index in [1.54, 1.807) is 0 Å². The van der Waals surface area contributed by atoms with Gasteiger partial charge in [0.15, 0.2) is 0 Å². The monoisotopic (exact) mass is 361 g/mol. The summed E-state index contributed by atoms with van der Waals surface area (Å²) in [4.78, 5) is 28.7. The van der Waals surface area contributed by atoms with Crippen molar-refractivity contribution in [3.63, 3.8) is 0 Å². The van der Waals surface area contributed by atoms with Gasteiger partial charge in [0, 0.05) is 18.2 Å². The van der Waals surface area contributed by atoms with Crippen LogP contribution in [0.25, 0.3) is 11.3 Å². The van der Waals surface area contributed by atoms with Crippen LogP contribution in [0.15, 0.2) is 71.8 Å². The minimum absolute atomic E-state index is 0.0225. The molecule has 5 nitrogen and oxygen atoms in total. The van der Waals surface area contributed by atoms with Crippen molar-refractivity contribution in [1.29, 1.82) is 0 Å². The lowest BCUT2D eigenvalue weighted by Crippen LogP contribution is -2.32. The summed E-state index contributed by atoms with van der Waals surface area (Å²) in [6.07, 6.45) is 3.20. The van der Waals surface area contributed by atoms with Crippen molar-refractivity contribution in [2.24, 2.45) is 0 Å². The predicted octanol–water partition coefficient (Wildman–Crippen LogP) is 2.97. The van der Waals surface area contributed by atoms with Gasteiger partial charge in [0.1, 0.15) is 6.54 Å². The summed E-state index contributed by atoms with van der Waals surface area (Å²) in [5.74, 6) is -0.185. The molecule has 0 saturated heterocycles. The number of aryl methyl sites for hydroxylation is 2. The second-order valence-electron chi connectivity index (χ2n) is 6.55. The first-order valence-electron chi connectivity index (χ1n) is 9.06. The number of nitrogens with one attached hydrogen (secondary N) is 1. The van der Waals surface area contributed by atoms with E-state index < -0.39 is 0 Å². The van der Waals surface area contributed by atoms with Gasteiger partial charge in [0.05, 0.1) is 12.0 Å². The molecule has 0 atom stereocenters. The fraction of sp³-hybridized carbons (Fsp3) is 0.227. The Kier molecular flexibility index (Phi) is 6.15. The lowest BCUT2D eigenvalue weighted by Gasteiger charge is -2.08. The average Bonchev–Trinajstić information content (AvgIpc) is 2.68. The van der Waals surface area contributed by atoms with Gasteiger partial charge in [-0.05, 0) is 25.3 Å². The Bertz CT molecular complexity index is 947. The third-order valence-electron chi connectivity index (χ3n) is 4.35. The van der Waals surface area contributed by atoms with Crippen LogP contribution >= 0.6 is 0 Å². The molecule has 0 radical (unpaired) electrons. The topological polar surface area (TPSA) is 64.0 Å². The zero-order chi connectivity index (χ0) is 19.1. The van der Waals surface area contributed by atoms with Crippen LogP contribution < -0.4 is 10.9 Å². The number of rotatable bonds is 7. The molecule has 1 amide bonds. The minimum Gasteiger partial charge on any atom is -0.355 e. The summed E-state index contributed by atoms with van der Waals surface area (Å²) in [6, 6.07) is 19.4. The van der Waals surface area contributed by atoms with Crippen LogP contribution in [0.2, 0.25) is 0 Å². The molecule has 0 spiro atoms. The Morgan fingerprint density at radius 3 is 2.52 bits per heavy atom. The summed E-state index contributed by atoms with van der Waals surface area (Å²) in [5.41, 5.74) is 3.66. The molecular weight excluding hydrogens is 338 g/mol. The smallest absolute Gasteiger partial charge is 0.254 e. The second-order valence-corrected chi connectivity index (χ2v) is 6.55. The van der Waals surface area contributed by atoms with Crippen LogP contribution in [0, 0.1) is 6.92 Å². The summed E-state index contributed by atoms with van der Waals surface area (Å²) in [6.45, 7) is 2.57. The number of hydrogen-bond acceptors (Lipinski definition) is 3. The molecule has 2 aromatic carbocycles. The number of hydrogen-bond donors (Lipinski definition) is 1. The Morgan fingerprint density at radius 1 is 1.07 bits per heavy atom. The van der Waals surface area contributed by atoms with Crippen LogP contribution in [-0.4, -0.2) is 22.0 Å². The molecule has 0 aliphatic heterocycles. The van der Waals surface area contributed by atoms with Gasteiger partial charge in [-0.3, -0.25) is 14.2 Å². The maximum atomic E-state index is 12.3. The summed E-state index contributed by atoms with van der Waals surface area (Å²) < 4.78 is 1.32. The minimum atomic E-state index is -0.236. The maximum absolute atomic E-state index is 12.3. The van der Waals surface area contributed by atoms with Crippen LogP contribution in [0.3, 0.4) is 0 Å². The number of nitrogens with zero attached hydrogens (tertiary/aromatic N) is 2. The molecule has 27 heavy (non-hydrogen) atoms. The summed E-state index contributed by atoms with van der Waals surface area (Å²) in [5, 5.41) is 2.85. The van der Waals surface area contributed by atoms with E-state index in [1.165, 1.54) is 22.5 Å². The second kappa shape index (κ2) is 8.94. The largest absolute Gasteiger partial charge is 0.355 e. The molecule has 1 aromatic heterocycles. The molecule has 0 aliphatic carbocycles. The number of carbonyl (C=O) groups excluding carboxylic acids is 1. The Hall–Kier alpha value is -3.21. The van der Waals surface area contributed by atoms with Gasteiger partial charge in [-0.15, -0.1) is 0 Å². The van der Waals surface area contributed by atoms with E-state index in [2.05, 4.69) is 22.4 Å². The Morgan fingerprint density at radius 2 is 1.81 bits per heavy atom. The lowest BCUT2D eigenvalue weighted by molar-refractivity contribution is -0.121. The average molecular weight is 361 g/mol. The van der Waals surface area contributed by atoms with Crippen LogP contribution in [0.5, 0.6) is 0 Å². The van der Waals surface area contributed by atoms with Crippen LogP contribution in [0.1, 0.15) is 17.5 Å². The molecule has 0 aliphatic rings. The molecule has 3 aromatic rings. The highest BCUT2D eigenvalue weighted by molar-refractivity contribution is 5.75. The SMILES string of the molecule is Cc1ccc(-c2cc(=O)n(CC(=O)NCCCc3ccccc3)cn2)cc1. The van der Waals surface area contributed by atoms with Crippen LogP contribution in [-0.2, 0) is 17.8 Å². The number of amides is 1. The molecule has 138 valence electrons. The number of aromatic nitrogens is 2. The fourth-order valence-corrected chi connectivity index (χ4v) is 2.80. The number of carbonyl (C=O) groups is 1. The zero-order valence-electron chi connectivity index (χ0n) is 15.4. The molecule has 3 rings (SSSR count). The van der Waals surface area contributed by atoms with E-state index in [4.69, 9.17) is 0 Å². The highest BCUT2D eigenvalue weighted by Gasteiger charge is 2.07. The van der Waals surface area contributed by atoms with Crippen molar-refractivity contribution in [2.45, 2.75) is 26.3 Å². The van der Waals surface area contributed by atoms with Gasteiger partial charge in [0.2, 0.25) is 5.91 Å². The van der Waals surface area contributed by atoms with Gasteiger partial charge in [-0.1, -0.05) is 60.2 Å². The van der Waals surface area contributed by atoms with E-state index >= 15 is 0 Å². The van der Waals surface area contributed by atoms with Gasteiger partial charge in [-0.2, -0.15) is 0 Å². The molecule has 1 N–H and O–H groups in total. The maximum Gasteiger partial charge on any atom is 0.254 e. The molecule has 0 saturated carbocycles. The van der Waals surface area contributed by atoms with Gasteiger partial charge >= 0.3 is 0 Å². The lowest BCUT2D eigenvalue weighted by atomic mass is 10.1. The van der Waals surface area contributed by atoms with Crippen molar-refractivity contribution < 1.29 is 4.79 Å². The van der Waals surface area contributed by atoms with Gasteiger partial charge in [0.25, 0.3) is 5.56 Å². The van der Waals surface area contributed by atoms with Crippen molar-refractivity contribution in [3.8, 4) is 11.3 Å². The molecule has 1 heterocycles. The highest BCUT2D eigenvalue weighted by atomic mass is 16.2. The summed E-state index contributed by atoms with van der Waals surface area (Å²) in [7, 11) is 0. The van der Waals surface area contributed by atoms with Crippen molar-refractivity contribution in [3.05, 3.63) is 88.5 Å². The standard InChI is InChI=1S/C22H23N3O2/c1-17-9-11-19(12-10-17)20-14-22(27)25(16-24-20)15-21(26)23-13-5-8-18-6-3-2-4-7-18/h2-4,6-7,9-12,14,16H,5,8,13,15H2,1H3,(H,23,26). The molecule has 0 unspecified atom stereocenters. The third-order valence-corrected chi connectivity index (χ3v) is 4.35. The Labute approximate surface area is 158 Å². The first-order chi connectivity index (χ1) is 13.1. The van der Waals surface area contributed by atoms with Gasteiger partial charge < -0.3 is 5.32 Å². The molecule has 0 bridgehead atoms. The van der Waals surface area contributed by atoms with E-state index in [-0.39, 0.29) is 18.0 Å². The third kappa shape index (κ3) is 5.38. The highest BCUT2D eigenvalue weighted by Crippen LogP contribution is 2.15.